The molecule has 3 nitrogen and oxygen atoms in total. The Morgan fingerprint density at radius 2 is 2.06 bits per heavy atom. The molecule has 0 aliphatic heterocycles. The summed E-state index contributed by atoms with van der Waals surface area (Å²) in [5.41, 5.74) is 1.48. The fourth-order valence-corrected chi connectivity index (χ4v) is 2.36. The van der Waals surface area contributed by atoms with Crippen LogP contribution in [-0.2, 0) is 9.84 Å². The van der Waals surface area contributed by atoms with Gasteiger partial charge < -0.3 is 5.32 Å². The maximum absolute atomic E-state index is 13.1. The van der Waals surface area contributed by atoms with E-state index in [-0.39, 0.29) is 17.6 Å². The molecule has 1 unspecified atom stereocenters. The first-order valence-corrected chi connectivity index (χ1v) is 7.50. The first kappa shape index (κ1) is 14.1. The van der Waals surface area contributed by atoms with E-state index in [1.54, 1.807) is 26.1 Å². The van der Waals surface area contributed by atoms with Gasteiger partial charge in [-0.1, -0.05) is 12.1 Å². The molecule has 0 saturated carbocycles. The summed E-state index contributed by atoms with van der Waals surface area (Å²) in [6.45, 7) is 1.70. The number of sulfone groups is 1. The number of hydrogen-bond acceptors (Lipinski definition) is 3. The number of hydrogen-bond donors (Lipinski definition) is 1. The molecule has 0 saturated heterocycles. The molecule has 0 heterocycles. The molecular formula is C12H18FNO2S. The Morgan fingerprint density at radius 1 is 1.41 bits per heavy atom. The zero-order valence-corrected chi connectivity index (χ0v) is 11.1. The Labute approximate surface area is 102 Å². The molecule has 96 valence electrons. The lowest BCUT2D eigenvalue weighted by Crippen LogP contribution is -2.20. The minimum atomic E-state index is -2.97. The third-order valence-electron chi connectivity index (χ3n) is 2.71. The Kier molecular flexibility index (Phi) is 4.65. The highest BCUT2D eigenvalue weighted by Gasteiger charge is 2.13. The third kappa shape index (κ3) is 4.44. The van der Waals surface area contributed by atoms with Crippen molar-refractivity contribution in [1.29, 1.82) is 0 Å². The topological polar surface area (TPSA) is 46.2 Å². The van der Waals surface area contributed by atoms with Crippen LogP contribution in [0.5, 0.6) is 0 Å². The molecule has 1 N–H and O–H groups in total. The fourth-order valence-electron chi connectivity index (χ4n) is 1.69. The minimum Gasteiger partial charge on any atom is -0.313 e. The number of benzene rings is 1. The van der Waals surface area contributed by atoms with Crippen molar-refractivity contribution in [3.05, 3.63) is 35.1 Å². The summed E-state index contributed by atoms with van der Waals surface area (Å²) >= 11 is 0. The van der Waals surface area contributed by atoms with Gasteiger partial charge in [0.05, 0.1) is 5.75 Å². The summed E-state index contributed by atoms with van der Waals surface area (Å²) in [6.07, 6.45) is 1.70. The van der Waals surface area contributed by atoms with Crippen molar-refractivity contribution in [2.75, 3.05) is 19.1 Å². The molecule has 1 aromatic carbocycles. The number of aryl methyl sites for hydroxylation is 1. The van der Waals surface area contributed by atoms with Gasteiger partial charge in [0.15, 0.2) is 0 Å². The van der Waals surface area contributed by atoms with Crippen molar-refractivity contribution in [3.8, 4) is 0 Å². The van der Waals surface area contributed by atoms with Gasteiger partial charge in [-0.25, -0.2) is 12.8 Å². The lowest BCUT2D eigenvalue weighted by molar-refractivity contribution is 0.555. The summed E-state index contributed by atoms with van der Waals surface area (Å²) < 4.78 is 35.4. The molecule has 1 rings (SSSR count). The minimum absolute atomic E-state index is 0.0657. The molecule has 17 heavy (non-hydrogen) atoms. The Morgan fingerprint density at radius 3 is 2.53 bits per heavy atom. The van der Waals surface area contributed by atoms with Crippen molar-refractivity contribution < 1.29 is 12.8 Å². The average molecular weight is 259 g/mol. The molecular weight excluding hydrogens is 241 g/mol. The van der Waals surface area contributed by atoms with Gasteiger partial charge in [-0.05, 0) is 37.6 Å². The molecule has 1 atom stereocenters. The monoisotopic (exact) mass is 259 g/mol. The normalized spacial score (nSPS) is 13.6. The van der Waals surface area contributed by atoms with Gasteiger partial charge >= 0.3 is 0 Å². The van der Waals surface area contributed by atoms with Crippen LogP contribution >= 0.6 is 0 Å². The summed E-state index contributed by atoms with van der Waals surface area (Å²) in [5, 5.41) is 3.05. The highest BCUT2D eigenvalue weighted by molar-refractivity contribution is 7.90. The predicted octanol–water partition coefficient (Wildman–Crippen LogP) is 1.83. The van der Waals surface area contributed by atoms with Gasteiger partial charge in [-0.15, -0.1) is 0 Å². The van der Waals surface area contributed by atoms with Gasteiger partial charge in [0.2, 0.25) is 0 Å². The standard InChI is InChI=1S/C12H18FNO2S/c1-9-8-10(4-5-11(9)13)12(14-2)6-7-17(3,15)16/h4-5,8,12,14H,6-7H2,1-3H3. The molecule has 0 aromatic heterocycles. The van der Waals surface area contributed by atoms with Gasteiger partial charge in [0, 0.05) is 12.3 Å². The molecule has 0 fully saturated rings. The average Bonchev–Trinajstić information content (AvgIpc) is 2.22. The van der Waals surface area contributed by atoms with Gasteiger partial charge in [-0.3, -0.25) is 0 Å². The van der Waals surface area contributed by atoms with E-state index in [1.807, 2.05) is 0 Å². The van der Waals surface area contributed by atoms with E-state index >= 15 is 0 Å². The van der Waals surface area contributed by atoms with E-state index in [0.717, 1.165) is 5.56 Å². The van der Waals surface area contributed by atoms with Crippen molar-refractivity contribution in [3.63, 3.8) is 0 Å². The van der Waals surface area contributed by atoms with Gasteiger partial charge in [-0.2, -0.15) is 0 Å². The van der Waals surface area contributed by atoms with Crippen molar-refractivity contribution in [2.45, 2.75) is 19.4 Å². The summed E-state index contributed by atoms with van der Waals surface area (Å²) in [6, 6.07) is 4.78. The second-order valence-electron chi connectivity index (χ2n) is 4.27. The Bertz CT molecular complexity index is 485. The van der Waals surface area contributed by atoms with E-state index < -0.39 is 9.84 Å². The maximum Gasteiger partial charge on any atom is 0.147 e. The van der Waals surface area contributed by atoms with Crippen LogP contribution in [0, 0.1) is 12.7 Å². The molecule has 5 heteroatoms. The second-order valence-corrected chi connectivity index (χ2v) is 6.53. The zero-order chi connectivity index (χ0) is 13.1. The lowest BCUT2D eigenvalue weighted by atomic mass is 10.0. The Hall–Kier alpha value is -0.940. The molecule has 0 amide bonds. The van der Waals surface area contributed by atoms with Crippen molar-refractivity contribution in [1.82, 2.24) is 5.32 Å². The van der Waals surface area contributed by atoms with Crippen LogP contribution in [0.1, 0.15) is 23.6 Å². The highest BCUT2D eigenvalue weighted by Crippen LogP contribution is 2.19. The van der Waals surface area contributed by atoms with Crippen LogP contribution in [0.2, 0.25) is 0 Å². The molecule has 0 radical (unpaired) electrons. The smallest absolute Gasteiger partial charge is 0.147 e. The lowest BCUT2D eigenvalue weighted by Gasteiger charge is -2.16. The zero-order valence-electron chi connectivity index (χ0n) is 10.3. The van der Waals surface area contributed by atoms with Crippen molar-refractivity contribution >= 4 is 9.84 Å². The van der Waals surface area contributed by atoms with Crippen LogP contribution in [0.3, 0.4) is 0 Å². The van der Waals surface area contributed by atoms with Crippen molar-refractivity contribution in [2.24, 2.45) is 0 Å². The van der Waals surface area contributed by atoms with Crippen LogP contribution in [0.25, 0.3) is 0 Å². The van der Waals surface area contributed by atoms with Gasteiger partial charge in [0.1, 0.15) is 15.7 Å². The van der Waals surface area contributed by atoms with E-state index in [0.29, 0.717) is 12.0 Å². The molecule has 0 aliphatic rings. The number of halogens is 1. The third-order valence-corrected chi connectivity index (χ3v) is 3.69. The number of rotatable bonds is 5. The van der Waals surface area contributed by atoms with Gasteiger partial charge in [0.25, 0.3) is 0 Å². The predicted molar refractivity (Wildman–Crippen MR) is 67.3 cm³/mol. The summed E-state index contributed by atoms with van der Waals surface area (Å²) in [5.74, 6) is -0.124. The largest absolute Gasteiger partial charge is 0.313 e. The van der Waals surface area contributed by atoms with Crippen LogP contribution in [0.15, 0.2) is 18.2 Å². The molecule has 0 aliphatic carbocycles. The van der Waals surface area contributed by atoms with E-state index in [4.69, 9.17) is 0 Å². The van der Waals surface area contributed by atoms with Crippen LogP contribution in [-0.4, -0.2) is 27.5 Å². The molecule has 0 spiro atoms. The maximum atomic E-state index is 13.1. The van der Waals surface area contributed by atoms with E-state index in [9.17, 15) is 12.8 Å². The summed E-state index contributed by atoms with van der Waals surface area (Å²) in [4.78, 5) is 0. The SMILES string of the molecule is CNC(CCS(C)(=O)=O)c1ccc(F)c(C)c1. The number of nitrogens with one attached hydrogen (secondary N) is 1. The Balaban J connectivity index is 2.83. The second kappa shape index (κ2) is 5.60. The molecule has 0 bridgehead atoms. The first-order chi connectivity index (χ1) is 7.83. The highest BCUT2D eigenvalue weighted by atomic mass is 32.2. The first-order valence-electron chi connectivity index (χ1n) is 5.44. The van der Waals surface area contributed by atoms with E-state index in [2.05, 4.69) is 5.32 Å². The quantitative estimate of drug-likeness (QED) is 0.877. The fraction of sp³-hybridized carbons (Fsp3) is 0.500. The van der Waals surface area contributed by atoms with Crippen LogP contribution in [0.4, 0.5) is 4.39 Å². The van der Waals surface area contributed by atoms with Crippen LogP contribution < -0.4 is 5.32 Å². The summed E-state index contributed by atoms with van der Waals surface area (Å²) in [7, 11) is -1.20. The van der Waals surface area contributed by atoms with E-state index in [1.165, 1.54) is 12.3 Å². The molecule has 1 aromatic rings.